The Kier molecular flexibility index (Phi) is 5.85. The molecule has 0 bridgehead atoms. The number of likely N-dealkylation sites (tertiary alicyclic amines) is 1. The molecule has 3 N–H and O–H groups in total. The number of carbonyl (C=O) groups is 1. The Balaban J connectivity index is 1.42. The molecule has 1 aliphatic rings. The van der Waals surface area contributed by atoms with Crippen LogP contribution < -0.4 is 5.32 Å². The third-order valence-electron chi connectivity index (χ3n) is 6.34. The fourth-order valence-electron chi connectivity index (χ4n) is 4.35. The number of hydrogen-bond acceptors (Lipinski definition) is 4. The van der Waals surface area contributed by atoms with Gasteiger partial charge in [-0.1, -0.05) is 25.4 Å². The lowest BCUT2D eigenvalue weighted by atomic mass is 9.68. The molecule has 1 atom stereocenters. The topological polar surface area (TPSA) is 94.1 Å². The van der Waals surface area contributed by atoms with Crippen LogP contribution in [0.1, 0.15) is 38.4 Å². The zero-order chi connectivity index (χ0) is 22.2. The van der Waals surface area contributed by atoms with Crippen molar-refractivity contribution >= 4 is 34.4 Å². The second kappa shape index (κ2) is 8.43. The van der Waals surface area contributed by atoms with Gasteiger partial charge in [0.2, 0.25) is 0 Å². The van der Waals surface area contributed by atoms with Crippen LogP contribution in [0.2, 0.25) is 5.02 Å². The van der Waals surface area contributed by atoms with Gasteiger partial charge >= 0.3 is 6.03 Å². The molecule has 7 nitrogen and oxygen atoms in total. The normalized spacial score (nSPS) is 16.5. The van der Waals surface area contributed by atoms with Crippen molar-refractivity contribution in [3.05, 3.63) is 53.1 Å². The third-order valence-corrected chi connectivity index (χ3v) is 6.56. The summed E-state index contributed by atoms with van der Waals surface area (Å²) in [4.78, 5) is 18.1. The van der Waals surface area contributed by atoms with E-state index in [4.69, 9.17) is 11.6 Å². The maximum Gasteiger partial charge on any atom is 0.323 e. The number of carbonyl (C=O) groups excluding carboxylic acids is 1. The molecule has 9 heteroatoms. The Morgan fingerprint density at radius 1 is 1.32 bits per heavy atom. The van der Waals surface area contributed by atoms with Crippen molar-refractivity contribution in [2.24, 2.45) is 11.3 Å². The van der Waals surface area contributed by atoms with Gasteiger partial charge in [0.25, 0.3) is 0 Å². The van der Waals surface area contributed by atoms with Gasteiger partial charge in [-0.15, -0.1) is 0 Å². The predicted molar refractivity (Wildman–Crippen MR) is 117 cm³/mol. The summed E-state index contributed by atoms with van der Waals surface area (Å²) in [5.74, 6) is 0.0629. The molecule has 1 aromatic carbocycles. The number of nitrogens with one attached hydrogen (secondary N) is 2. The van der Waals surface area contributed by atoms with E-state index in [-0.39, 0.29) is 11.9 Å². The SMILES string of the molecule is CC(C)(C1CCN(C(=O)Nc2ccc(F)cn2)CC1)[C@H](O)c1cc(Cl)cc2cn[nH]c12. The Hall–Kier alpha value is -2.71. The standard InChI is InChI=1S/C22H25ClFN5O2/c1-22(2,20(30)17-10-15(23)9-13-11-26-28-19(13)17)14-5-7-29(8-6-14)21(31)27-18-4-3-16(24)12-25-18/h3-4,9-12,14,20,30H,5-8H2,1-2H3,(H,26,28)(H,25,27,31)/t20-/m1/s1. The van der Waals surface area contributed by atoms with E-state index in [0.29, 0.717) is 23.9 Å². The number of anilines is 1. The molecule has 0 unspecified atom stereocenters. The van der Waals surface area contributed by atoms with Crippen LogP contribution in [0.25, 0.3) is 10.9 Å². The molecule has 31 heavy (non-hydrogen) atoms. The number of fused-ring (bicyclic) bond motifs is 1. The number of hydrogen-bond donors (Lipinski definition) is 3. The smallest absolute Gasteiger partial charge is 0.323 e. The predicted octanol–water partition coefficient (Wildman–Crippen LogP) is 4.75. The Labute approximate surface area is 184 Å². The summed E-state index contributed by atoms with van der Waals surface area (Å²) in [5.41, 5.74) is 1.07. The van der Waals surface area contributed by atoms with Gasteiger partial charge in [-0.25, -0.2) is 14.2 Å². The van der Waals surface area contributed by atoms with E-state index in [1.165, 1.54) is 12.1 Å². The molecular formula is C22H25ClFN5O2. The quantitative estimate of drug-likeness (QED) is 0.540. The second-order valence-electron chi connectivity index (χ2n) is 8.61. The van der Waals surface area contributed by atoms with Crippen molar-refractivity contribution < 1.29 is 14.3 Å². The number of aromatic amines is 1. The number of nitrogens with zero attached hydrogens (tertiary/aromatic N) is 3. The molecule has 2 amide bonds. The van der Waals surface area contributed by atoms with Crippen molar-refractivity contribution in [3.8, 4) is 0 Å². The lowest BCUT2D eigenvalue weighted by Crippen LogP contribution is -2.45. The Morgan fingerprint density at radius 2 is 2.06 bits per heavy atom. The van der Waals surface area contributed by atoms with Crippen LogP contribution in [0.15, 0.2) is 36.7 Å². The molecule has 2 aromatic heterocycles. The first-order chi connectivity index (χ1) is 14.8. The number of halogens is 2. The maximum absolute atomic E-state index is 13.0. The molecule has 0 saturated carbocycles. The maximum atomic E-state index is 13.0. The largest absolute Gasteiger partial charge is 0.388 e. The number of aliphatic hydroxyl groups is 1. The number of piperidine rings is 1. The van der Waals surface area contributed by atoms with Crippen LogP contribution in [0.5, 0.6) is 0 Å². The molecule has 1 saturated heterocycles. The summed E-state index contributed by atoms with van der Waals surface area (Å²) >= 11 is 6.26. The minimum absolute atomic E-state index is 0.201. The second-order valence-corrected chi connectivity index (χ2v) is 9.04. The molecule has 0 aliphatic carbocycles. The van der Waals surface area contributed by atoms with E-state index < -0.39 is 17.3 Å². The lowest BCUT2D eigenvalue weighted by Gasteiger charge is -2.43. The van der Waals surface area contributed by atoms with Crippen molar-refractivity contribution in [1.29, 1.82) is 0 Å². The zero-order valence-corrected chi connectivity index (χ0v) is 18.2. The van der Waals surface area contributed by atoms with Crippen LogP contribution in [-0.4, -0.2) is 44.3 Å². The number of aromatic nitrogens is 3. The molecule has 4 rings (SSSR count). The number of rotatable bonds is 4. The van der Waals surface area contributed by atoms with E-state index in [1.807, 2.05) is 19.9 Å². The van der Waals surface area contributed by atoms with E-state index in [1.54, 1.807) is 17.2 Å². The molecule has 0 radical (unpaired) electrons. The fourth-order valence-corrected chi connectivity index (χ4v) is 4.59. The molecule has 164 valence electrons. The highest BCUT2D eigenvalue weighted by Crippen LogP contribution is 2.46. The first kappa shape index (κ1) is 21.5. The summed E-state index contributed by atoms with van der Waals surface area (Å²) in [6, 6.07) is 6.03. The highest BCUT2D eigenvalue weighted by Gasteiger charge is 2.40. The molecule has 3 aromatic rings. The van der Waals surface area contributed by atoms with Crippen LogP contribution in [-0.2, 0) is 0 Å². The zero-order valence-electron chi connectivity index (χ0n) is 17.4. The molecule has 1 aliphatic heterocycles. The summed E-state index contributed by atoms with van der Waals surface area (Å²) in [6.07, 6.45) is 3.51. The minimum atomic E-state index is -0.747. The molecule has 3 heterocycles. The number of benzene rings is 1. The summed E-state index contributed by atoms with van der Waals surface area (Å²) in [5, 5.41) is 22.4. The van der Waals surface area contributed by atoms with Crippen LogP contribution in [0, 0.1) is 17.2 Å². The highest BCUT2D eigenvalue weighted by atomic mass is 35.5. The monoisotopic (exact) mass is 445 g/mol. The van der Waals surface area contributed by atoms with Crippen molar-refractivity contribution in [1.82, 2.24) is 20.1 Å². The highest BCUT2D eigenvalue weighted by molar-refractivity contribution is 6.31. The Bertz CT molecular complexity index is 1080. The van der Waals surface area contributed by atoms with Crippen molar-refractivity contribution in [2.75, 3.05) is 18.4 Å². The summed E-state index contributed by atoms with van der Waals surface area (Å²) in [7, 11) is 0. The number of amides is 2. The third kappa shape index (κ3) is 4.36. The van der Waals surface area contributed by atoms with Crippen LogP contribution in [0.3, 0.4) is 0 Å². The van der Waals surface area contributed by atoms with Crippen molar-refractivity contribution in [3.63, 3.8) is 0 Å². The number of pyridine rings is 1. The van der Waals surface area contributed by atoms with Crippen LogP contribution >= 0.6 is 11.6 Å². The van der Waals surface area contributed by atoms with Gasteiger partial charge in [-0.3, -0.25) is 10.4 Å². The van der Waals surface area contributed by atoms with Gasteiger partial charge in [0, 0.05) is 29.1 Å². The molecule has 1 fully saturated rings. The minimum Gasteiger partial charge on any atom is -0.388 e. The van der Waals surface area contributed by atoms with E-state index in [0.717, 1.165) is 35.5 Å². The first-order valence-electron chi connectivity index (χ1n) is 10.2. The van der Waals surface area contributed by atoms with Gasteiger partial charge in [-0.2, -0.15) is 5.10 Å². The number of aliphatic hydroxyl groups excluding tert-OH is 1. The van der Waals surface area contributed by atoms with Crippen molar-refractivity contribution in [2.45, 2.75) is 32.8 Å². The Morgan fingerprint density at radius 3 is 2.74 bits per heavy atom. The first-order valence-corrected chi connectivity index (χ1v) is 10.6. The molecule has 0 spiro atoms. The number of urea groups is 1. The van der Waals surface area contributed by atoms with Gasteiger partial charge in [0.15, 0.2) is 0 Å². The van der Waals surface area contributed by atoms with Crippen LogP contribution in [0.4, 0.5) is 15.0 Å². The lowest BCUT2D eigenvalue weighted by molar-refractivity contribution is -0.0138. The van der Waals surface area contributed by atoms with Gasteiger partial charge in [0.1, 0.15) is 11.6 Å². The fraction of sp³-hybridized carbons (Fsp3) is 0.409. The average molecular weight is 446 g/mol. The van der Waals surface area contributed by atoms with E-state index >= 15 is 0 Å². The van der Waals surface area contributed by atoms with Gasteiger partial charge in [-0.05, 0) is 48.4 Å². The number of H-pyrrole nitrogens is 1. The van der Waals surface area contributed by atoms with Gasteiger partial charge < -0.3 is 10.0 Å². The molecular weight excluding hydrogens is 421 g/mol. The van der Waals surface area contributed by atoms with E-state index in [9.17, 15) is 14.3 Å². The van der Waals surface area contributed by atoms with E-state index in [2.05, 4.69) is 20.5 Å². The summed E-state index contributed by atoms with van der Waals surface area (Å²) < 4.78 is 13.0. The average Bonchev–Trinajstić information content (AvgIpc) is 3.22. The summed E-state index contributed by atoms with van der Waals surface area (Å²) in [6.45, 7) is 5.21. The van der Waals surface area contributed by atoms with Gasteiger partial charge in [0.05, 0.1) is 24.0 Å².